The van der Waals surface area contributed by atoms with Gasteiger partial charge in [-0.25, -0.2) is 0 Å². The molecular formula is C33H37N5O2. The first kappa shape index (κ1) is 27.6. The smallest absolute Gasteiger partial charge is 0.251 e. The first-order valence-corrected chi connectivity index (χ1v) is 14.3. The molecule has 0 radical (unpaired) electrons. The minimum atomic E-state index is -0.0942. The Labute approximate surface area is 236 Å². The van der Waals surface area contributed by atoms with Gasteiger partial charge in [0.25, 0.3) is 11.8 Å². The molecule has 0 saturated carbocycles. The molecule has 7 nitrogen and oxygen atoms in total. The molecule has 2 aliphatic rings. The number of carbonyl (C=O) groups excluding carboxylic acids is 2. The van der Waals surface area contributed by atoms with Gasteiger partial charge < -0.3 is 10.6 Å². The molecule has 0 unspecified atom stereocenters. The quantitative estimate of drug-likeness (QED) is 0.448. The van der Waals surface area contributed by atoms with E-state index in [1.54, 1.807) is 24.3 Å². The van der Waals surface area contributed by atoms with Crippen LogP contribution in [-0.4, -0.2) is 59.9 Å². The summed E-state index contributed by atoms with van der Waals surface area (Å²) in [6.07, 6.45) is 3.66. The van der Waals surface area contributed by atoms with E-state index < -0.39 is 0 Å². The normalized spacial score (nSPS) is 17.2. The summed E-state index contributed by atoms with van der Waals surface area (Å²) in [5.74, 6) is -0.175. The highest BCUT2D eigenvalue weighted by atomic mass is 16.2. The number of amides is 2. The van der Waals surface area contributed by atoms with E-state index in [4.69, 9.17) is 5.26 Å². The second kappa shape index (κ2) is 13.4. The van der Waals surface area contributed by atoms with Gasteiger partial charge in [-0.2, -0.15) is 5.26 Å². The Morgan fingerprint density at radius 1 is 0.650 bits per heavy atom. The van der Waals surface area contributed by atoms with Crippen molar-refractivity contribution < 1.29 is 9.59 Å². The van der Waals surface area contributed by atoms with E-state index in [1.807, 2.05) is 30.3 Å². The third-order valence-electron chi connectivity index (χ3n) is 7.99. The van der Waals surface area contributed by atoms with Crippen LogP contribution in [0.2, 0.25) is 0 Å². The van der Waals surface area contributed by atoms with E-state index in [0.717, 1.165) is 65.0 Å². The van der Waals surface area contributed by atoms with Gasteiger partial charge in [0.1, 0.15) is 0 Å². The summed E-state index contributed by atoms with van der Waals surface area (Å²) in [4.78, 5) is 30.5. The Morgan fingerprint density at radius 3 is 1.50 bits per heavy atom. The topological polar surface area (TPSA) is 88.5 Å². The molecule has 2 amide bonds. The lowest BCUT2D eigenvalue weighted by Gasteiger charge is -2.32. The molecular weight excluding hydrogens is 498 g/mol. The summed E-state index contributed by atoms with van der Waals surface area (Å²) >= 11 is 0. The Balaban J connectivity index is 1.03. The highest BCUT2D eigenvalue weighted by Crippen LogP contribution is 2.17. The molecule has 5 rings (SSSR count). The fraction of sp³-hybridized carbons (Fsp3) is 0.364. The molecule has 0 atom stereocenters. The number of likely N-dealkylation sites (tertiary alicyclic amines) is 2. The number of hydrogen-bond acceptors (Lipinski definition) is 5. The maximum atomic E-state index is 12.8. The molecule has 7 heteroatoms. The van der Waals surface area contributed by atoms with Crippen LogP contribution in [0.4, 0.5) is 0 Å². The van der Waals surface area contributed by atoms with Crippen LogP contribution in [0.5, 0.6) is 0 Å². The number of rotatable bonds is 8. The summed E-state index contributed by atoms with van der Waals surface area (Å²) in [6.45, 7) is 5.55. The fourth-order valence-corrected chi connectivity index (χ4v) is 5.57. The Bertz CT molecular complexity index is 1300. The highest BCUT2D eigenvalue weighted by Gasteiger charge is 2.23. The average molecular weight is 536 g/mol. The van der Waals surface area contributed by atoms with Crippen LogP contribution in [0.3, 0.4) is 0 Å². The van der Waals surface area contributed by atoms with Crippen LogP contribution < -0.4 is 10.6 Å². The Hall–Kier alpha value is -3.99. The first-order valence-electron chi connectivity index (χ1n) is 14.3. The lowest BCUT2D eigenvalue weighted by atomic mass is 10.0. The number of piperidine rings is 2. The molecule has 3 aromatic rings. The number of nitriles is 1. The molecule has 0 spiro atoms. The maximum absolute atomic E-state index is 12.8. The van der Waals surface area contributed by atoms with Crippen molar-refractivity contribution in [1.82, 2.24) is 20.4 Å². The monoisotopic (exact) mass is 535 g/mol. The second-order valence-electron chi connectivity index (χ2n) is 10.9. The van der Waals surface area contributed by atoms with E-state index >= 15 is 0 Å². The zero-order chi connectivity index (χ0) is 27.7. The molecule has 40 heavy (non-hydrogen) atoms. The van der Waals surface area contributed by atoms with Gasteiger partial charge in [-0.15, -0.1) is 0 Å². The SMILES string of the molecule is N#Cc1ccc(CN2CCC(NC(=O)c3ccc(C(=O)NC4CCN(Cc5ccccc5)CC4)cc3)CC2)cc1. The van der Waals surface area contributed by atoms with Crippen molar-refractivity contribution in [1.29, 1.82) is 5.26 Å². The van der Waals surface area contributed by atoms with Gasteiger partial charge in [0.15, 0.2) is 0 Å². The minimum absolute atomic E-state index is 0.0805. The molecule has 2 saturated heterocycles. The zero-order valence-electron chi connectivity index (χ0n) is 22.9. The van der Waals surface area contributed by atoms with Gasteiger partial charge in [0.2, 0.25) is 0 Å². The zero-order valence-corrected chi connectivity index (χ0v) is 22.9. The predicted octanol–water partition coefficient (Wildman–Crippen LogP) is 4.35. The first-order chi connectivity index (χ1) is 19.6. The van der Waals surface area contributed by atoms with Crippen molar-refractivity contribution >= 4 is 11.8 Å². The van der Waals surface area contributed by atoms with Crippen LogP contribution in [0.1, 0.15) is 63.1 Å². The molecule has 2 fully saturated rings. The summed E-state index contributed by atoms with van der Waals surface area (Å²) in [5, 5.41) is 15.3. The van der Waals surface area contributed by atoms with E-state index in [2.05, 4.69) is 50.8 Å². The number of nitrogens with zero attached hydrogens (tertiary/aromatic N) is 3. The van der Waals surface area contributed by atoms with Crippen molar-refractivity contribution in [3.05, 3.63) is 107 Å². The maximum Gasteiger partial charge on any atom is 0.251 e. The van der Waals surface area contributed by atoms with Crippen LogP contribution in [0.25, 0.3) is 0 Å². The van der Waals surface area contributed by atoms with Crippen molar-refractivity contribution in [3.8, 4) is 6.07 Å². The number of benzene rings is 3. The highest BCUT2D eigenvalue weighted by molar-refractivity contribution is 5.98. The fourth-order valence-electron chi connectivity index (χ4n) is 5.57. The lowest BCUT2D eigenvalue weighted by Crippen LogP contribution is -2.44. The van der Waals surface area contributed by atoms with Crippen LogP contribution in [0, 0.1) is 11.3 Å². The molecule has 2 aliphatic heterocycles. The van der Waals surface area contributed by atoms with E-state index in [-0.39, 0.29) is 23.9 Å². The summed E-state index contributed by atoms with van der Waals surface area (Å²) in [5.41, 5.74) is 4.35. The van der Waals surface area contributed by atoms with Gasteiger partial charge in [-0.1, -0.05) is 42.5 Å². The van der Waals surface area contributed by atoms with E-state index in [9.17, 15) is 9.59 Å². The van der Waals surface area contributed by atoms with Gasteiger partial charge >= 0.3 is 0 Å². The molecule has 0 aromatic heterocycles. The molecule has 206 valence electrons. The average Bonchev–Trinajstić information content (AvgIpc) is 3.00. The summed E-state index contributed by atoms with van der Waals surface area (Å²) < 4.78 is 0. The van der Waals surface area contributed by atoms with Gasteiger partial charge in [0.05, 0.1) is 11.6 Å². The van der Waals surface area contributed by atoms with Crippen LogP contribution in [-0.2, 0) is 13.1 Å². The van der Waals surface area contributed by atoms with Gasteiger partial charge in [-0.3, -0.25) is 19.4 Å². The third-order valence-corrected chi connectivity index (χ3v) is 7.99. The molecule has 0 aliphatic carbocycles. The van der Waals surface area contributed by atoms with Gasteiger partial charge in [-0.05, 0) is 73.2 Å². The van der Waals surface area contributed by atoms with Crippen molar-refractivity contribution in [3.63, 3.8) is 0 Å². The largest absolute Gasteiger partial charge is 0.349 e. The Morgan fingerprint density at radius 2 is 1.07 bits per heavy atom. The van der Waals surface area contributed by atoms with Crippen molar-refractivity contribution in [2.45, 2.75) is 50.9 Å². The van der Waals surface area contributed by atoms with Crippen molar-refractivity contribution in [2.24, 2.45) is 0 Å². The summed E-state index contributed by atoms with van der Waals surface area (Å²) in [7, 11) is 0. The predicted molar refractivity (Wildman–Crippen MR) is 156 cm³/mol. The van der Waals surface area contributed by atoms with Crippen LogP contribution >= 0.6 is 0 Å². The standard InChI is InChI=1S/C33H37N5O2/c34-22-25-6-8-27(9-7-25)24-38-20-16-31(17-21-38)36-33(40)29-12-10-28(11-13-29)32(39)35-30-14-18-37(19-15-30)23-26-4-2-1-3-5-26/h1-13,30-31H,14-21,23-24H2,(H,35,39)(H,36,40). The molecule has 3 aromatic carbocycles. The van der Waals surface area contributed by atoms with Crippen LogP contribution in [0.15, 0.2) is 78.9 Å². The Kier molecular flexibility index (Phi) is 9.22. The molecule has 2 heterocycles. The molecule has 2 N–H and O–H groups in total. The number of nitrogens with one attached hydrogen (secondary N) is 2. The van der Waals surface area contributed by atoms with E-state index in [1.165, 1.54) is 11.1 Å². The second-order valence-corrected chi connectivity index (χ2v) is 10.9. The number of hydrogen-bond donors (Lipinski definition) is 2. The third kappa shape index (κ3) is 7.56. The van der Waals surface area contributed by atoms with Gasteiger partial charge in [0, 0.05) is 62.5 Å². The van der Waals surface area contributed by atoms with E-state index in [0.29, 0.717) is 16.7 Å². The lowest BCUT2D eigenvalue weighted by molar-refractivity contribution is 0.0897. The number of carbonyl (C=O) groups is 2. The minimum Gasteiger partial charge on any atom is -0.349 e. The molecule has 0 bridgehead atoms. The summed E-state index contributed by atoms with van der Waals surface area (Å²) in [6, 6.07) is 27.7. The van der Waals surface area contributed by atoms with Crippen molar-refractivity contribution in [2.75, 3.05) is 26.2 Å².